The molecule has 1 N–H and O–H groups in total. The lowest BCUT2D eigenvalue weighted by Crippen LogP contribution is -2.52. The minimum absolute atomic E-state index is 0.207. The van der Waals surface area contributed by atoms with Crippen LogP contribution in [-0.2, 0) is 9.84 Å². The highest BCUT2D eigenvalue weighted by molar-refractivity contribution is 7.90. The molecule has 1 aromatic carbocycles. The Bertz CT molecular complexity index is 694. The van der Waals surface area contributed by atoms with E-state index >= 15 is 0 Å². The molecule has 0 amide bonds. The van der Waals surface area contributed by atoms with Gasteiger partial charge >= 0.3 is 0 Å². The van der Waals surface area contributed by atoms with E-state index in [4.69, 9.17) is 0 Å². The molecule has 1 aliphatic rings. The topological polar surface area (TPSA) is 65.0 Å². The van der Waals surface area contributed by atoms with Crippen molar-refractivity contribution in [3.8, 4) is 0 Å². The maximum absolute atomic E-state index is 11.2. The average Bonchev–Trinajstić information content (AvgIpc) is 2.63. The van der Waals surface area contributed by atoms with Crippen molar-refractivity contribution in [1.29, 1.82) is 0 Å². The molecule has 1 aliphatic heterocycles. The third-order valence-electron chi connectivity index (χ3n) is 4.33. The van der Waals surface area contributed by atoms with Gasteiger partial charge in [0, 0.05) is 52.6 Å². The lowest BCUT2D eigenvalue weighted by molar-refractivity contribution is 0.194. The number of rotatable bonds is 7. The predicted octanol–water partition coefficient (Wildman–Crippen LogP) is 1.33. The van der Waals surface area contributed by atoms with E-state index in [1.165, 1.54) is 11.8 Å². The van der Waals surface area contributed by atoms with Crippen LogP contribution in [0.15, 0.2) is 41.4 Å². The number of piperazine rings is 1. The minimum Gasteiger partial charge on any atom is -0.356 e. The Labute approximate surface area is 157 Å². The van der Waals surface area contributed by atoms with Crippen molar-refractivity contribution in [1.82, 2.24) is 15.1 Å². The Morgan fingerprint density at radius 1 is 1.19 bits per heavy atom. The van der Waals surface area contributed by atoms with Crippen LogP contribution >= 0.6 is 0 Å². The standard InChI is InChI=1S/C19H30N4O2S/c1-20-19(21-11-7-17-26(2,24)25)23-15-13-22(14-16-23)12-6-10-18-8-4-3-5-9-18/h3-6,8-10H,7,11-17H2,1-2H3,(H,20,21). The van der Waals surface area contributed by atoms with E-state index in [0.29, 0.717) is 13.0 Å². The molecular weight excluding hydrogens is 348 g/mol. The highest BCUT2D eigenvalue weighted by Crippen LogP contribution is 2.05. The van der Waals surface area contributed by atoms with Gasteiger partial charge in [0.25, 0.3) is 0 Å². The number of sulfone groups is 1. The van der Waals surface area contributed by atoms with Crippen LogP contribution in [-0.4, -0.2) is 82.5 Å². The van der Waals surface area contributed by atoms with Crippen molar-refractivity contribution in [3.63, 3.8) is 0 Å². The molecule has 0 atom stereocenters. The summed E-state index contributed by atoms with van der Waals surface area (Å²) in [7, 11) is -1.12. The molecule has 0 aromatic heterocycles. The summed E-state index contributed by atoms with van der Waals surface area (Å²) in [6.07, 6.45) is 6.24. The molecule has 1 saturated heterocycles. The smallest absolute Gasteiger partial charge is 0.193 e. The molecule has 0 saturated carbocycles. The molecule has 1 fully saturated rings. The van der Waals surface area contributed by atoms with E-state index in [9.17, 15) is 8.42 Å². The maximum atomic E-state index is 11.2. The van der Waals surface area contributed by atoms with Crippen molar-refractivity contribution >= 4 is 21.9 Å². The Morgan fingerprint density at radius 2 is 1.88 bits per heavy atom. The molecule has 2 rings (SSSR count). The third-order valence-corrected chi connectivity index (χ3v) is 5.36. The van der Waals surface area contributed by atoms with Crippen LogP contribution in [0.1, 0.15) is 12.0 Å². The van der Waals surface area contributed by atoms with Gasteiger partial charge in [-0.25, -0.2) is 8.42 Å². The Morgan fingerprint density at radius 3 is 2.50 bits per heavy atom. The van der Waals surface area contributed by atoms with Crippen molar-refractivity contribution in [3.05, 3.63) is 42.0 Å². The van der Waals surface area contributed by atoms with E-state index in [0.717, 1.165) is 38.7 Å². The summed E-state index contributed by atoms with van der Waals surface area (Å²) in [5, 5.41) is 3.27. The first-order chi connectivity index (χ1) is 12.5. The monoisotopic (exact) mass is 378 g/mol. The summed E-state index contributed by atoms with van der Waals surface area (Å²) in [6, 6.07) is 10.3. The fourth-order valence-electron chi connectivity index (χ4n) is 2.91. The zero-order valence-corrected chi connectivity index (χ0v) is 16.6. The van der Waals surface area contributed by atoms with Gasteiger partial charge < -0.3 is 10.2 Å². The normalized spacial score (nSPS) is 17.0. The van der Waals surface area contributed by atoms with Crippen molar-refractivity contribution in [2.45, 2.75) is 6.42 Å². The predicted molar refractivity (Wildman–Crippen MR) is 109 cm³/mol. The van der Waals surface area contributed by atoms with Crippen LogP contribution in [0.3, 0.4) is 0 Å². The number of benzene rings is 1. The van der Waals surface area contributed by atoms with Gasteiger partial charge in [0.2, 0.25) is 0 Å². The molecule has 0 aliphatic carbocycles. The quantitative estimate of drug-likeness (QED) is 0.441. The first-order valence-corrected chi connectivity index (χ1v) is 11.1. The van der Waals surface area contributed by atoms with Crippen LogP contribution in [0.5, 0.6) is 0 Å². The minimum atomic E-state index is -2.90. The zero-order chi connectivity index (χ0) is 18.8. The number of guanidine groups is 1. The van der Waals surface area contributed by atoms with Crippen molar-refractivity contribution in [2.75, 3.05) is 58.3 Å². The lowest BCUT2D eigenvalue weighted by atomic mass is 10.2. The number of hydrogen-bond acceptors (Lipinski definition) is 4. The molecule has 0 bridgehead atoms. The first-order valence-electron chi connectivity index (χ1n) is 9.05. The number of hydrogen-bond donors (Lipinski definition) is 1. The molecule has 0 unspecified atom stereocenters. The summed E-state index contributed by atoms with van der Waals surface area (Å²) >= 11 is 0. The molecule has 1 heterocycles. The summed E-state index contributed by atoms with van der Waals surface area (Å²) in [5.41, 5.74) is 1.23. The summed E-state index contributed by atoms with van der Waals surface area (Å²) in [4.78, 5) is 8.98. The van der Waals surface area contributed by atoms with Crippen molar-refractivity contribution in [2.24, 2.45) is 4.99 Å². The van der Waals surface area contributed by atoms with Crippen LogP contribution in [0.2, 0.25) is 0 Å². The van der Waals surface area contributed by atoms with Crippen LogP contribution in [0.25, 0.3) is 6.08 Å². The fourth-order valence-corrected chi connectivity index (χ4v) is 3.58. The average molecular weight is 379 g/mol. The first kappa shape index (κ1) is 20.5. The molecule has 144 valence electrons. The van der Waals surface area contributed by atoms with E-state index < -0.39 is 9.84 Å². The van der Waals surface area contributed by atoms with Crippen LogP contribution < -0.4 is 5.32 Å². The largest absolute Gasteiger partial charge is 0.356 e. The van der Waals surface area contributed by atoms with Gasteiger partial charge in [-0.2, -0.15) is 0 Å². The fraction of sp³-hybridized carbons (Fsp3) is 0.526. The Hall–Kier alpha value is -1.86. The Kier molecular flexibility index (Phi) is 8.12. The summed E-state index contributed by atoms with van der Waals surface area (Å²) in [6.45, 7) is 5.39. The molecule has 1 aromatic rings. The van der Waals surface area contributed by atoms with E-state index in [1.54, 1.807) is 7.05 Å². The van der Waals surface area contributed by atoms with E-state index in [1.807, 2.05) is 18.2 Å². The summed E-state index contributed by atoms with van der Waals surface area (Å²) in [5.74, 6) is 1.07. The molecule has 0 radical (unpaired) electrons. The highest BCUT2D eigenvalue weighted by Gasteiger charge is 2.18. The molecular formula is C19H30N4O2S. The zero-order valence-electron chi connectivity index (χ0n) is 15.8. The number of aliphatic imine (C=N–C) groups is 1. The SMILES string of the molecule is CN=C(NCCCS(C)(=O)=O)N1CCN(CC=Cc2ccccc2)CC1. The second-order valence-corrected chi connectivity index (χ2v) is 8.82. The number of nitrogens with one attached hydrogen (secondary N) is 1. The Balaban J connectivity index is 1.70. The third kappa shape index (κ3) is 7.58. The molecule has 26 heavy (non-hydrogen) atoms. The van der Waals surface area contributed by atoms with Gasteiger partial charge in [0.15, 0.2) is 5.96 Å². The van der Waals surface area contributed by atoms with Gasteiger partial charge in [-0.05, 0) is 12.0 Å². The van der Waals surface area contributed by atoms with Crippen LogP contribution in [0, 0.1) is 0 Å². The van der Waals surface area contributed by atoms with Crippen LogP contribution in [0.4, 0.5) is 0 Å². The summed E-state index contributed by atoms with van der Waals surface area (Å²) < 4.78 is 22.4. The van der Waals surface area contributed by atoms with E-state index in [2.05, 4.69) is 44.4 Å². The van der Waals surface area contributed by atoms with Crippen molar-refractivity contribution < 1.29 is 8.42 Å². The van der Waals surface area contributed by atoms with Gasteiger partial charge in [-0.1, -0.05) is 42.5 Å². The van der Waals surface area contributed by atoms with Gasteiger partial charge in [0.05, 0.1) is 5.75 Å². The maximum Gasteiger partial charge on any atom is 0.193 e. The molecule has 6 nitrogen and oxygen atoms in total. The second-order valence-electron chi connectivity index (χ2n) is 6.56. The van der Waals surface area contributed by atoms with Gasteiger partial charge in [0.1, 0.15) is 9.84 Å². The lowest BCUT2D eigenvalue weighted by Gasteiger charge is -2.36. The highest BCUT2D eigenvalue weighted by atomic mass is 32.2. The number of nitrogens with zero attached hydrogens (tertiary/aromatic N) is 3. The van der Waals surface area contributed by atoms with Gasteiger partial charge in [-0.3, -0.25) is 9.89 Å². The molecule has 7 heteroatoms. The second kappa shape index (κ2) is 10.3. The molecule has 0 spiro atoms. The van der Waals surface area contributed by atoms with Gasteiger partial charge in [-0.15, -0.1) is 0 Å². The van der Waals surface area contributed by atoms with E-state index in [-0.39, 0.29) is 5.75 Å².